The number of methoxy groups -OCH3 is 1. The summed E-state index contributed by atoms with van der Waals surface area (Å²) >= 11 is 0. The van der Waals surface area contributed by atoms with Crippen molar-refractivity contribution >= 4 is 5.91 Å². The number of amides is 1. The van der Waals surface area contributed by atoms with Crippen molar-refractivity contribution in [2.45, 2.75) is 37.8 Å². The molecule has 0 aliphatic heterocycles. The van der Waals surface area contributed by atoms with Crippen LogP contribution in [0.1, 0.15) is 41.7 Å². The van der Waals surface area contributed by atoms with Gasteiger partial charge < -0.3 is 14.8 Å². The lowest BCUT2D eigenvalue weighted by molar-refractivity contribution is 0.0889. The van der Waals surface area contributed by atoms with E-state index in [0.717, 1.165) is 12.8 Å². The van der Waals surface area contributed by atoms with E-state index >= 15 is 0 Å². The molecule has 1 heterocycles. The van der Waals surface area contributed by atoms with Crippen molar-refractivity contribution in [1.82, 2.24) is 15.3 Å². The molecule has 0 saturated heterocycles. The SMILES string of the molecule is COc1ccc(C(=O)NC2CCC(Oc3nccnc3C#N)CC2)cc1F. The molecule has 1 amide bonds. The van der Waals surface area contributed by atoms with Crippen molar-refractivity contribution in [3.05, 3.63) is 47.7 Å². The first-order valence-corrected chi connectivity index (χ1v) is 8.63. The third kappa shape index (κ3) is 4.50. The average molecular weight is 370 g/mol. The normalized spacial score (nSPS) is 19.0. The molecule has 3 rings (SSSR count). The minimum absolute atomic E-state index is 0.0141. The summed E-state index contributed by atoms with van der Waals surface area (Å²) in [6.45, 7) is 0. The maximum Gasteiger partial charge on any atom is 0.251 e. The van der Waals surface area contributed by atoms with Crippen LogP contribution in [0.2, 0.25) is 0 Å². The zero-order chi connectivity index (χ0) is 19.2. The van der Waals surface area contributed by atoms with Crippen LogP contribution >= 0.6 is 0 Å². The van der Waals surface area contributed by atoms with Gasteiger partial charge in [-0.15, -0.1) is 0 Å². The Morgan fingerprint density at radius 1 is 1.26 bits per heavy atom. The van der Waals surface area contributed by atoms with Crippen LogP contribution in [0.5, 0.6) is 11.6 Å². The van der Waals surface area contributed by atoms with Crippen LogP contribution in [-0.2, 0) is 0 Å². The number of aromatic nitrogens is 2. The fourth-order valence-corrected chi connectivity index (χ4v) is 3.05. The monoisotopic (exact) mass is 370 g/mol. The number of nitriles is 1. The molecule has 0 radical (unpaired) electrons. The molecule has 1 fully saturated rings. The number of rotatable bonds is 5. The number of benzene rings is 1. The second-order valence-electron chi connectivity index (χ2n) is 6.24. The predicted molar refractivity (Wildman–Crippen MR) is 93.8 cm³/mol. The Bertz CT molecular complexity index is 860. The molecule has 140 valence electrons. The van der Waals surface area contributed by atoms with Gasteiger partial charge in [-0.2, -0.15) is 5.26 Å². The molecule has 7 nitrogen and oxygen atoms in total. The fourth-order valence-electron chi connectivity index (χ4n) is 3.05. The highest BCUT2D eigenvalue weighted by Gasteiger charge is 2.25. The highest BCUT2D eigenvalue weighted by atomic mass is 19.1. The van der Waals surface area contributed by atoms with E-state index in [0.29, 0.717) is 12.8 Å². The summed E-state index contributed by atoms with van der Waals surface area (Å²) in [5.41, 5.74) is 0.416. The number of hydrogen-bond donors (Lipinski definition) is 1. The lowest BCUT2D eigenvalue weighted by Crippen LogP contribution is -2.39. The van der Waals surface area contributed by atoms with Crippen molar-refractivity contribution < 1.29 is 18.7 Å². The van der Waals surface area contributed by atoms with Crippen molar-refractivity contribution in [1.29, 1.82) is 5.26 Å². The Balaban J connectivity index is 1.53. The van der Waals surface area contributed by atoms with Crippen molar-refractivity contribution in [3.63, 3.8) is 0 Å². The third-order valence-corrected chi connectivity index (χ3v) is 4.47. The highest BCUT2D eigenvalue weighted by molar-refractivity contribution is 5.94. The quantitative estimate of drug-likeness (QED) is 0.869. The average Bonchev–Trinajstić information content (AvgIpc) is 2.69. The largest absolute Gasteiger partial charge is 0.494 e. The summed E-state index contributed by atoms with van der Waals surface area (Å²) < 4.78 is 24.4. The van der Waals surface area contributed by atoms with Gasteiger partial charge in [0.15, 0.2) is 11.6 Å². The number of nitrogens with zero attached hydrogens (tertiary/aromatic N) is 3. The Morgan fingerprint density at radius 3 is 2.67 bits per heavy atom. The van der Waals surface area contributed by atoms with Crippen LogP contribution in [0.25, 0.3) is 0 Å². The number of ether oxygens (including phenoxy) is 2. The molecule has 0 atom stereocenters. The highest BCUT2D eigenvalue weighted by Crippen LogP contribution is 2.24. The van der Waals surface area contributed by atoms with E-state index in [1.807, 2.05) is 6.07 Å². The smallest absolute Gasteiger partial charge is 0.251 e. The zero-order valence-electron chi connectivity index (χ0n) is 14.8. The van der Waals surface area contributed by atoms with Gasteiger partial charge in [-0.3, -0.25) is 4.79 Å². The summed E-state index contributed by atoms with van der Waals surface area (Å²) in [5, 5.41) is 12.0. The van der Waals surface area contributed by atoms with E-state index in [9.17, 15) is 9.18 Å². The molecule has 1 N–H and O–H groups in total. The van der Waals surface area contributed by atoms with E-state index in [-0.39, 0.29) is 40.9 Å². The van der Waals surface area contributed by atoms with Gasteiger partial charge in [-0.25, -0.2) is 14.4 Å². The maximum atomic E-state index is 13.8. The summed E-state index contributed by atoms with van der Waals surface area (Å²) in [7, 11) is 1.37. The van der Waals surface area contributed by atoms with Crippen molar-refractivity contribution in [2.75, 3.05) is 7.11 Å². The fraction of sp³-hybridized carbons (Fsp3) is 0.368. The van der Waals surface area contributed by atoms with Gasteiger partial charge in [-0.1, -0.05) is 0 Å². The van der Waals surface area contributed by atoms with E-state index < -0.39 is 5.82 Å². The van der Waals surface area contributed by atoms with Crippen LogP contribution < -0.4 is 14.8 Å². The number of halogens is 1. The van der Waals surface area contributed by atoms with Crippen LogP contribution in [0, 0.1) is 17.1 Å². The third-order valence-electron chi connectivity index (χ3n) is 4.47. The minimum atomic E-state index is -0.570. The summed E-state index contributed by atoms with van der Waals surface area (Å²) in [6, 6.07) is 6.07. The first-order chi connectivity index (χ1) is 13.1. The number of nitrogens with one attached hydrogen (secondary N) is 1. The Hall–Kier alpha value is -3.21. The second-order valence-corrected chi connectivity index (χ2v) is 6.24. The van der Waals surface area contributed by atoms with Gasteiger partial charge in [0, 0.05) is 24.0 Å². The molecule has 2 aromatic rings. The molecule has 1 aliphatic carbocycles. The van der Waals surface area contributed by atoms with Crippen molar-refractivity contribution in [2.24, 2.45) is 0 Å². The molecule has 1 aliphatic rings. The summed E-state index contributed by atoms with van der Waals surface area (Å²) in [5.74, 6) is -0.549. The number of carbonyl (C=O) groups excluding carboxylic acids is 1. The van der Waals surface area contributed by atoms with Crippen LogP contribution in [-0.4, -0.2) is 35.1 Å². The molecule has 8 heteroatoms. The second kappa shape index (κ2) is 8.45. The first-order valence-electron chi connectivity index (χ1n) is 8.63. The molecular formula is C19H19FN4O3. The van der Waals surface area contributed by atoms with Gasteiger partial charge in [0.1, 0.15) is 12.2 Å². The Labute approximate surface area is 156 Å². The molecule has 0 unspecified atom stereocenters. The van der Waals surface area contributed by atoms with E-state index in [4.69, 9.17) is 14.7 Å². The lowest BCUT2D eigenvalue weighted by Gasteiger charge is -2.29. The number of hydrogen-bond acceptors (Lipinski definition) is 6. The molecular weight excluding hydrogens is 351 g/mol. The Morgan fingerprint density at radius 2 is 2.00 bits per heavy atom. The van der Waals surface area contributed by atoms with E-state index in [1.165, 1.54) is 37.7 Å². The van der Waals surface area contributed by atoms with Crippen LogP contribution in [0.4, 0.5) is 4.39 Å². The Kier molecular flexibility index (Phi) is 5.81. The van der Waals surface area contributed by atoms with E-state index in [2.05, 4.69) is 15.3 Å². The van der Waals surface area contributed by atoms with Gasteiger partial charge in [-0.05, 0) is 43.9 Å². The molecule has 27 heavy (non-hydrogen) atoms. The van der Waals surface area contributed by atoms with Crippen LogP contribution in [0.3, 0.4) is 0 Å². The van der Waals surface area contributed by atoms with Gasteiger partial charge in [0.2, 0.25) is 5.69 Å². The van der Waals surface area contributed by atoms with Crippen molar-refractivity contribution in [3.8, 4) is 17.7 Å². The maximum absolute atomic E-state index is 13.8. The first kappa shape index (κ1) is 18.6. The predicted octanol–water partition coefficient (Wildman–Crippen LogP) is 2.62. The zero-order valence-corrected chi connectivity index (χ0v) is 14.8. The van der Waals surface area contributed by atoms with Gasteiger partial charge in [0.05, 0.1) is 7.11 Å². The summed E-state index contributed by atoms with van der Waals surface area (Å²) in [4.78, 5) is 20.3. The molecule has 0 bridgehead atoms. The minimum Gasteiger partial charge on any atom is -0.494 e. The molecule has 1 saturated carbocycles. The van der Waals surface area contributed by atoms with Crippen LogP contribution in [0.15, 0.2) is 30.6 Å². The summed E-state index contributed by atoms with van der Waals surface area (Å²) in [6.07, 6.45) is 5.71. The molecule has 0 spiro atoms. The van der Waals surface area contributed by atoms with E-state index in [1.54, 1.807) is 0 Å². The van der Waals surface area contributed by atoms with Gasteiger partial charge in [0.25, 0.3) is 11.8 Å². The molecule has 1 aromatic carbocycles. The van der Waals surface area contributed by atoms with Gasteiger partial charge >= 0.3 is 0 Å². The lowest BCUT2D eigenvalue weighted by atomic mass is 9.92. The molecule has 1 aromatic heterocycles. The number of carbonyl (C=O) groups is 1. The topological polar surface area (TPSA) is 97.1 Å². The standard InChI is InChI=1S/C19H19FN4O3/c1-26-17-7-2-12(10-15(17)20)18(25)24-13-3-5-14(6-4-13)27-19-16(11-21)22-8-9-23-19/h2,7-10,13-14H,3-6H2,1H3,(H,24,25).